The number of carbonyl (C=O) groups excluding carboxylic acids is 2. The Morgan fingerprint density at radius 3 is 2.41 bits per heavy atom. The predicted octanol–water partition coefficient (Wildman–Crippen LogP) is 4.15. The minimum absolute atomic E-state index is 0. The number of likely N-dealkylation sites (tertiary alicyclic amines) is 1. The first-order chi connectivity index (χ1) is 17.5. The number of ether oxygens (including phenoxy) is 2. The molecule has 0 radical (unpaired) electrons. The smallest absolute Gasteiger partial charge is 0.223 e. The van der Waals surface area contributed by atoms with Crippen molar-refractivity contribution in [2.24, 2.45) is 11.8 Å². The van der Waals surface area contributed by atoms with Crippen LogP contribution < -0.4 is 14.8 Å². The Kier molecular flexibility index (Phi) is 8.82. The predicted molar refractivity (Wildman–Crippen MR) is 138 cm³/mol. The van der Waals surface area contributed by atoms with E-state index in [0.717, 1.165) is 25.9 Å². The fourth-order valence-corrected chi connectivity index (χ4v) is 5.55. The number of aliphatic hydroxyl groups is 1. The molecule has 4 atom stereocenters. The summed E-state index contributed by atoms with van der Waals surface area (Å²) in [6.07, 6.45) is 2.99. The van der Waals surface area contributed by atoms with Crippen LogP contribution in [0.3, 0.4) is 0 Å². The van der Waals surface area contributed by atoms with E-state index >= 15 is 0 Å². The van der Waals surface area contributed by atoms with Gasteiger partial charge in [0.1, 0.15) is 25.1 Å². The molecule has 1 aliphatic carbocycles. The molecule has 0 aromatic heterocycles. The summed E-state index contributed by atoms with van der Waals surface area (Å²) in [6.45, 7) is 3.39. The summed E-state index contributed by atoms with van der Waals surface area (Å²) in [5.74, 6) is 0.136. The van der Waals surface area contributed by atoms with Crippen molar-refractivity contribution in [2.75, 3.05) is 32.8 Å². The maximum atomic E-state index is 13.3. The number of Topliss-reactive ketones (excluding diaryl/α,β-unsaturated/α-hetero) is 1. The third kappa shape index (κ3) is 6.30. The Labute approximate surface area is 218 Å². The quantitative estimate of drug-likeness (QED) is 0.517. The summed E-state index contributed by atoms with van der Waals surface area (Å²) in [7, 11) is 0. The Balaban J connectivity index is 0.00000320. The molecule has 2 fully saturated rings. The molecule has 8 heteroatoms. The van der Waals surface area contributed by atoms with Gasteiger partial charge in [-0.15, -0.1) is 0 Å². The average Bonchev–Trinajstić information content (AvgIpc) is 3.60. The molecule has 7 nitrogen and oxygen atoms in total. The van der Waals surface area contributed by atoms with Crippen molar-refractivity contribution >= 4 is 11.7 Å². The van der Waals surface area contributed by atoms with Crippen molar-refractivity contribution in [1.82, 2.24) is 10.2 Å². The van der Waals surface area contributed by atoms with Crippen LogP contribution in [-0.4, -0.2) is 60.6 Å². The number of nitrogens with one attached hydrogen (secondary N) is 1. The number of rotatable bonds is 8. The summed E-state index contributed by atoms with van der Waals surface area (Å²) >= 11 is 0. The zero-order valence-electron chi connectivity index (χ0n) is 20.3. The molecule has 1 saturated carbocycles. The number of amides is 1. The number of fused-ring (bicyclic) bond motifs is 1. The third-order valence-electron chi connectivity index (χ3n) is 7.57. The van der Waals surface area contributed by atoms with Gasteiger partial charge in [-0.3, -0.25) is 9.59 Å². The molecule has 0 spiro atoms. The molecule has 3 aliphatic rings. The molecule has 2 aromatic carbocycles. The van der Waals surface area contributed by atoms with E-state index in [0.29, 0.717) is 61.6 Å². The van der Waals surface area contributed by atoms with Gasteiger partial charge in [0.25, 0.3) is 0 Å². The molecule has 200 valence electrons. The van der Waals surface area contributed by atoms with Crippen LogP contribution in [0.5, 0.6) is 11.5 Å². The van der Waals surface area contributed by atoms with E-state index in [9.17, 15) is 19.1 Å². The first kappa shape index (κ1) is 27.1. The summed E-state index contributed by atoms with van der Waals surface area (Å²) in [4.78, 5) is 28.4. The maximum absolute atomic E-state index is 13.3. The van der Waals surface area contributed by atoms with Crippen LogP contribution in [0.2, 0.25) is 0 Å². The van der Waals surface area contributed by atoms with E-state index < -0.39 is 12.1 Å². The van der Waals surface area contributed by atoms with Crippen LogP contribution in [-0.2, 0) is 4.79 Å². The first-order valence-electron chi connectivity index (χ1n) is 12.9. The molecular formula is C29H37FN2O5. The average molecular weight is 513 g/mol. The number of benzene rings is 2. The molecule has 2 aromatic rings. The van der Waals surface area contributed by atoms with Crippen molar-refractivity contribution in [3.63, 3.8) is 0 Å². The highest BCUT2D eigenvalue weighted by atomic mass is 19.1. The number of aliphatic hydroxyl groups excluding tert-OH is 1. The van der Waals surface area contributed by atoms with Crippen LogP contribution >= 0.6 is 0 Å². The molecule has 1 saturated heterocycles. The summed E-state index contributed by atoms with van der Waals surface area (Å²) < 4.78 is 24.5. The van der Waals surface area contributed by atoms with Crippen LogP contribution in [0, 0.1) is 17.7 Å². The Morgan fingerprint density at radius 2 is 1.68 bits per heavy atom. The highest BCUT2D eigenvalue weighted by molar-refractivity contribution is 5.98. The van der Waals surface area contributed by atoms with Gasteiger partial charge in [-0.25, -0.2) is 4.39 Å². The molecule has 0 bridgehead atoms. The lowest BCUT2D eigenvalue weighted by atomic mass is 9.94. The van der Waals surface area contributed by atoms with Gasteiger partial charge in [0.15, 0.2) is 17.3 Å². The molecule has 0 unspecified atom stereocenters. The van der Waals surface area contributed by atoms with Crippen molar-refractivity contribution in [3.05, 3.63) is 59.4 Å². The summed E-state index contributed by atoms with van der Waals surface area (Å²) in [6, 6.07) is 10.5. The van der Waals surface area contributed by atoms with E-state index in [1.54, 1.807) is 12.1 Å². The zero-order chi connectivity index (χ0) is 25.1. The van der Waals surface area contributed by atoms with E-state index in [1.807, 2.05) is 6.07 Å². The van der Waals surface area contributed by atoms with Crippen molar-refractivity contribution in [1.29, 1.82) is 0 Å². The number of halogens is 1. The van der Waals surface area contributed by atoms with Crippen LogP contribution in [0.25, 0.3) is 0 Å². The van der Waals surface area contributed by atoms with Gasteiger partial charge in [-0.05, 0) is 87.2 Å². The van der Waals surface area contributed by atoms with Crippen molar-refractivity contribution in [2.45, 2.75) is 51.7 Å². The second kappa shape index (κ2) is 12.0. The van der Waals surface area contributed by atoms with Crippen LogP contribution in [0.4, 0.5) is 4.39 Å². The number of carbonyl (C=O) groups is 2. The second-order valence-electron chi connectivity index (χ2n) is 10.0. The van der Waals surface area contributed by atoms with Crippen LogP contribution in [0.15, 0.2) is 42.5 Å². The molecule has 2 aliphatic heterocycles. The van der Waals surface area contributed by atoms with Crippen molar-refractivity contribution < 1.29 is 28.6 Å². The van der Waals surface area contributed by atoms with Gasteiger partial charge in [-0.1, -0.05) is 13.5 Å². The normalized spacial score (nSPS) is 22.6. The molecule has 2 N–H and O–H groups in total. The fourth-order valence-electron chi connectivity index (χ4n) is 5.55. The lowest BCUT2D eigenvalue weighted by Crippen LogP contribution is -2.48. The van der Waals surface area contributed by atoms with Gasteiger partial charge < -0.3 is 24.8 Å². The molecule has 1 amide bonds. The third-order valence-corrected chi connectivity index (χ3v) is 7.57. The topological polar surface area (TPSA) is 88.1 Å². The molecule has 2 heterocycles. The Bertz CT molecular complexity index is 1090. The Hall–Kier alpha value is -2.97. The molecule has 5 rings (SSSR count). The van der Waals surface area contributed by atoms with E-state index in [2.05, 4.69) is 10.2 Å². The Morgan fingerprint density at radius 1 is 1.00 bits per heavy atom. The van der Waals surface area contributed by atoms with Gasteiger partial charge in [0.05, 0.1) is 6.04 Å². The molecule has 37 heavy (non-hydrogen) atoms. The largest absolute Gasteiger partial charge is 0.486 e. The van der Waals surface area contributed by atoms with E-state index in [4.69, 9.17) is 9.47 Å². The number of ketones is 1. The van der Waals surface area contributed by atoms with Gasteiger partial charge in [-0.2, -0.15) is 0 Å². The summed E-state index contributed by atoms with van der Waals surface area (Å²) in [5.41, 5.74) is 1.14. The van der Waals surface area contributed by atoms with Gasteiger partial charge in [0.2, 0.25) is 5.91 Å². The number of hydrogen-bond acceptors (Lipinski definition) is 6. The fraction of sp³-hybridized carbons (Fsp3) is 0.517. The van der Waals surface area contributed by atoms with Crippen molar-refractivity contribution in [3.8, 4) is 11.5 Å². The lowest BCUT2D eigenvalue weighted by molar-refractivity contribution is -0.126. The first-order valence-corrected chi connectivity index (χ1v) is 12.9. The zero-order valence-corrected chi connectivity index (χ0v) is 20.3. The minimum atomic E-state index is -0.913. The maximum Gasteiger partial charge on any atom is 0.223 e. The minimum Gasteiger partial charge on any atom is -0.486 e. The SMILES string of the molecule is C.O=C(N[C@H](CN1CCCC1)[C@H](O)c1ccc2c(c1)OCCO2)[C@H]1CC[C@@H](C(=O)c2ccc(F)cc2)C1. The van der Waals surface area contributed by atoms with Gasteiger partial charge in [0, 0.05) is 23.9 Å². The highest BCUT2D eigenvalue weighted by Gasteiger charge is 2.36. The van der Waals surface area contributed by atoms with Crippen LogP contribution in [0.1, 0.15) is 61.6 Å². The van der Waals surface area contributed by atoms with Gasteiger partial charge >= 0.3 is 0 Å². The second-order valence-corrected chi connectivity index (χ2v) is 10.0. The highest BCUT2D eigenvalue weighted by Crippen LogP contribution is 2.35. The standard InChI is InChI=1S/C28H33FN2O5.CH4/c29-22-8-5-18(6-9-22)26(32)19-3-4-21(15-19)28(34)30-23(17-31-11-1-2-12-31)27(33)20-7-10-24-25(16-20)36-14-13-35-24;/h5-10,16,19,21,23,27,33H,1-4,11-15,17H2,(H,30,34);1H4/t19-,21+,23-,27-;/m1./s1. The number of hydrogen-bond donors (Lipinski definition) is 2. The van der Waals surface area contributed by atoms with E-state index in [-0.39, 0.29) is 36.8 Å². The van der Waals surface area contributed by atoms with E-state index in [1.165, 1.54) is 24.3 Å². The number of nitrogens with zero attached hydrogens (tertiary/aromatic N) is 1. The molecular weight excluding hydrogens is 475 g/mol. The monoisotopic (exact) mass is 512 g/mol. The summed E-state index contributed by atoms with van der Waals surface area (Å²) in [5, 5.41) is 14.4. The lowest BCUT2D eigenvalue weighted by Gasteiger charge is -2.30.